The van der Waals surface area contributed by atoms with E-state index < -0.39 is 10.0 Å². The number of anilines is 2. The highest BCUT2D eigenvalue weighted by Gasteiger charge is 2.31. The van der Waals surface area contributed by atoms with Crippen LogP contribution >= 0.6 is 0 Å². The molecule has 0 unspecified atom stereocenters. The fourth-order valence-electron chi connectivity index (χ4n) is 4.01. The molecule has 4 rings (SSSR count). The number of carbonyl (C=O) groups excluding carboxylic acids is 1. The molecule has 0 saturated heterocycles. The molecule has 1 N–H and O–H groups in total. The smallest absolute Gasteiger partial charge is 0.264 e. The van der Waals surface area contributed by atoms with E-state index >= 15 is 0 Å². The summed E-state index contributed by atoms with van der Waals surface area (Å²) in [5, 5.41) is 2.99. The number of aryl methyl sites for hydroxylation is 1. The van der Waals surface area contributed by atoms with Crippen LogP contribution in [0.25, 0.3) is 0 Å². The minimum atomic E-state index is -3.76. The van der Waals surface area contributed by atoms with E-state index in [1.54, 1.807) is 18.2 Å². The molecular weight excluding hydrogens is 408 g/mol. The maximum Gasteiger partial charge on any atom is 0.264 e. The van der Waals surface area contributed by atoms with E-state index in [0.29, 0.717) is 24.2 Å². The van der Waals surface area contributed by atoms with Gasteiger partial charge in [0.1, 0.15) is 0 Å². The molecule has 1 heterocycles. The molecule has 5 nitrogen and oxygen atoms in total. The molecule has 0 fully saturated rings. The number of nitrogens with zero attached hydrogens (tertiary/aromatic N) is 1. The van der Waals surface area contributed by atoms with Gasteiger partial charge in [-0.1, -0.05) is 56.3 Å². The summed E-state index contributed by atoms with van der Waals surface area (Å²) >= 11 is 0. The van der Waals surface area contributed by atoms with Crippen molar-refractivity contribution in [2.24, 2.45) is 0 Å². The lowest BCUT2D eigenvalue weighted by Gasteiger charge is -2.20. The summed E-state index contributed by atoms with van der Waals surface area (Å²) < 4.78 is 28.1. The zero-order valence-electron chi connectivity index (χ0n) is 17.9. The molecule has 0 aromatic heterocycles. The number of hydrogen-bond acceptors (Lipinski definition) is 3. The standard InChI is InChI=1S/C25H26N2O3S/c1-17(2)22-12-6-8-18(3)24(22)26-25(28)20-10-7-11-21(16-20)31(29,30)27-15-14-19-9-4-5-13-23(19)27/h4-13,16-17H,14-15H2,1-3H3,(H,26,28). The average Bonchev–Trinajstić information content (AvgIpc) is 3.20. The quantitative estimate of drug-likeness (QED) is 0.606. The molecule has 1 aliphatic rings. The van der Waals surface area contributed by atoms with Crippen LogP contribution in [0.1, 0.15) is 46.8 Å². The summed E-state index contributed by atoms with van der Waals surface area (Å²) in [6, 6.07) is 19.7. The number of para-hydroxylation sites is 2. The third-order valence-corrected chi connectivity index (χ3v) is 7.50. The molecule has 160 valence electrons. The number of benzene rings is 3. The van der Waals surface area contributed by atoms with Crippen LogP contribution in [-0.2, 0) is 16.4 Å². The maximum absolute atomic E-state index is 13.3. The molecule has 3 aromatic rings. The Morgan fingerprint density at radius 2 is 1.74 bits per heavy atom. The molecular formula is C25H26N2O3S. The monoisotopic (exact) mass is 434 g/mol. The Morgan fingerprint density at radius 3 is 2.52 bits per heavy atom. The van der Waals surface area contributed by atoms with Crippen LogP contribution in [0.5, 0.6) is 0 Å². The molecule has 1 aliphatic heterocycles. The Hall–Kier alpha value is -3.12. The fourth-order valence-corrected chi connectivity index (χ4v) is 5.56. The molecule has 0 spiro atoms. The van der Waals surface area contributed by atoms with Gasteiger partial charge in [0.25, 0.3) is 15.9 Å². The normalized spacial score (nSPS) is 13.4. The first-order valence-corrected chi connectivity index (χ1v) is 11.8. The predicted molar refractivity (Wildman–Crippen MR) is 124 cm³/mol. The van der Waals surface area contributed by atoms with Gasteiger partial charge in [0.2, 0.25) is 0 Å². The molecule has 3 aromatic carbocycles. The Bertz CT molecular complexity index is 1250. The van der Waals surface area contributed by atoms with E-state index in [0.717, 1.165) is 22.4 Å². The molecule has 0 saturated carbocycles. The van der Waals surface area contributed by atoms with Crippen LogP contribution in [0.2, 0.25) is 0 Å². The largest absolute Gasteiger partial charge is 0.321 e. The van der Waals surface area contributed by atoms with Crippen LogP contribution in [-0.4, -0.2) is 20.9 Å². The van der Waals surface area contributed by atoms with E-state index in [2.05, 4.69) is 19.2 Å². The van der Waals surface area contributed by atoms with Crippen LogP contribution in [0.3, 0.4) is 0 Å². The van der Waals surface area contributed by atoms with Crippen LogP contribution in [0.15, 0.2) is 71.6 Å². The number of sulfonamides is 1. The van der Waals surface area contributed by atoms with E-state index in [1.807, 2.05) is 49.4 Å². The molecule has 0 radical (unpaired) electrons. The topological polar surface area (TPSA) is 66.5 Å². The van der Waals surface area contributed by atoms with Crippen molar-refractivity contribution in [1.29, 1.82) is 0 Å². The second-order valence-corrected chi connectivity index (χ2v) is 9.99. The van der Waals surface area contributed by atoms with Crippen molar-refractivity contribution in [2.45, 2.75) is 38.0 Å². The van der Waals surface area contributed by atoms with E-state index in [9.17, 15) is 13.2 Å². The first-order chi connectivity index (χ1) is 14.8. The van der Waals surface area contributed by atoms with Gasteiger partial charge in [-0.15, -0.1) is 0 Å². The predicted octanol–water partition coefficient (Wildman–Crippen LogP) is 5.12. The van der Waals surface area contributed by atoms with Gasteiger partial charge in [0, 0.05) is 17.8 Å². The third kappa shape index (κ3) is 3.95. The summed E-state index contributed by atoms with van der Waals surface area (Å²) in [7, 11) is -3.76. The summed E-state index contributed by atoms with van der Waals surface area (Å²) in [6.45, 7) is 6.50. The van der Waals surface area contributed by atoms with Gasteiger partial charge >= 0.3 is 0 Å². The van der Waals surface area contributed by atoms with Crippen molar-refractivity contribution in [3.8, 4) is 0 Å². The number of hydrogen-bond donors (Lipinski definition) is 1. The van der Waals surface area contributed by atoms with Crippen LogP contribution < -0.4 is 9.62 Å². The Labute approximate surface area is 183 Å². The molecule has 31 heavy (non-hydrogen) atoms. The lowest BCUT2D eigenvalue weighted by Crippen LogP contribution is -2.29. The Kier molecular flexibility index (Phi) is 5.58. The van der Waals surface area contributed by atoms with Crippen molar-refractivity contribution >= 4 is 27.3 Å². The Morgan fingerprint density at radius 1 is 1.00 bits per heavy atom. The van der Waals surface area contributed by atoms with Crippen molar-refractivity contribution < 1.29 is 13.2 Å². The summed E-state index contributed by atoms with van der Waals surface area (Å²) in [6.07, 6.45) is 0.681. The van der Waals surface area contributed by atoms with Gasteiger partial charge in [0.15, 0.2) is 0 Å². The van der Waals surface area contributed by atoms with Gasteiger partial charge < -0.3 is 5.32 Å². The highest BCUT2D eigenvalue weighted by Crippen LogP contribution is 2.33. The number of rotatable bonds is 5. The minimum Gasteiger partial charge on any atom is -0.321 e. The van der Waals surface area contributed by atoms with Crippen LogP contribution in [0, 0.1) is 6.92 Å². The van der Waals surface area contributed by atoms with Crippen molar-refractivity contribution in [1.82, 2.24) is 0 Å². The maximum atomic E-state index is 13.3. The van der Waals surface area contributed by atoms with Crippen molar-refractivity contribution in [3.63, 3.8) is 0 Å². The minimum absolute atomic E-state index is 0.116. The van der Waals surface area contributed by atoms with Gasteiger partial charge in [-0.25, -0.2) is 8.42 Å². The number of fused-ring (bicyclic) bond motifs is 1. The molecule has 0 aliphatic carbocycles. The lowest BCUT2D eigenvalue weighted by atomic mass is 9.98. The summed E-state index contributed by atoms with van der Waals surface area (Å²) in [5.74, 6) is -0.0766. The van der Waals surface area contributed by atoms with E-state index in [-0.39, 0.29) is 16.7 Å². The first-order valence-electron chi connectivity index (χ1n) is 10.4. The second kappa shape index (κ2) is 8.19. The SMILES string of the molecule is Cc1cccc(C(C)C)c1NC(=O)c1cccc(S(=O)(=O)N2CCc3ccccc32)c1. The zero-order valence-corrected chi connectivity index (χ0v) is 18.7. The second-order valence-electron chi connectivity index (χ2n) is 8.13. The van der Waals surface area contributed by atoms with Crippen molar-refractivity contribution in [2.75, 3.05) is 16.2 Å². The van der Waals surface area contributed by atoms with Gasteiger partial charge in [0.05, 0.1) is 10.6 Å². The van der Waals surface area contributed by atoms with Gasteiger partial charge in [-0.2, -0.15) is 0 Å². The average molecular weight is 435 g/mol. The van der Waals surface area contributed by atoms with Gasteiger partial charge in [-0.05, 0) is 60.2 Å². The number of amides is 1. The fraction of sp³-hybridized carbons (Fsp3) is 0.240. The van der Waals surface area contributed by atoms with Crippen molar-refractivity contribution in [3.05, 3.63) is 89.0 Å². The molecule has 1 amide bonds. The third-order valence-electron chi connectivity index (χ3n) is 5.69. The highest BCUT2D eigenvalue weighted by molar-refractivity contribution is 7.92. The molecule has 0 bridgehead atoms. The summed E-state index contributed by atoms with van der Waals surface area (Å²) in [5.41, 5.74) is 4.83. The lowest BCUT2D eigenvalue weighted by molar-refractivity contribution is 0.102. The first kappa shape index (κ1) is 21.1. The molecule has 6 heteroatoms. The highest BCUT2D eigenvalue weighted by atomic mass is 32.2. The summed E-state index contributed by atoms with van der Waals surface area (Å²) in [4.78, 5) is 13.1. The van der Waals surface area contributed by atoms with Gasteiger partial charge in [-0.3, -0.25) is 9.10 Å². The Balaban J connectivity index is 1.65. The zero-order chi connectivity index (χ0) is 22.2. The number of nitrogens with one attached hydrogen (secondary N) is 1. The van der Waals surface area contributed by atoms with E-state index in [4.69, 9.17) is 0 Å². The number of carbonyl (C=O) groups is 1. The van der Waals surface area contributed by atoms with Crippen LogP contribution in [0.4, 0.5) is 11.4 Å². The van der Waals surface area contributed by atoms with E-state index in [1.165, 1.54) is 10.4 Å². The molecule has 0 atom stereocenters.